The molecule has 0 aliphatic heterocycles. The second kappa shape index (κ2) is 7.40. The van der Waals surface area contributed by atoms with Gasteiger partial charge < -0.3 is 15.1 Å². The molecule has 2 aromatic heterocycles. The van der Waals surface area contributed by atoms with Gasteiger partial charge in [-0.05, 0) is 53.8 Å². The van der Waals surface area contributed by atoms with Gasteiger partial charge in [-0.3, -0.25) is 9.59 Å². The van der Waals surface area contributed by atoms with E-state index < -0.39 is 0 Å². The van der Waals surface area contributed by atoms with Gasteiger partial charge in [-0.2, -0.15) is 0 Å². The first-order chi connectivity index (χ1) is 12.7. The minimum Gasteiger partial charge on any atom is -0.459 e. The highest BCUT2D eigenvalue weighted by Gasteiger charge is 2.17. The molecule has 0 fully saturated rings. The van der Waals surface area contributed by atoms with Crippen molar-refractivity contribution in [2.24, 2.45) is 0 Å². The Labute approximate surface area is 162 Å². The smallest absolute Gasteiger partial charge is 0.291 e. The molecule has 1 aromatic carbocycles. The Morgan fingerprint density at radius 2 is 1.70 bits per heavy atom. The van der Waals surface area contributed by atoms with Crippen molar-refractivity contribution < 1.29 is 14.0 Å². The van der Waals surface area contributed by atoms with Gasteiger partial charge in [0, 0.05) is 5.69 Å². The molecule has 2 amide bonds. The third-order valence-corrected chi connectivity index (χ3v) is 5.27. The average Bonchev–Trinajstić information content (AvgIpc) is 3.24. The Balaban J connectivity index is 1.70. The maximum atomic E-state index is 12.6. The van der Waals surface area contributed by atoms with Gasteiger partial charge in [0.15, 0.2) is 5.76 Å². The fourth-order valence-electron chi connectivity index (χ4n) is 2.59. The predicted molar refractivity (Wildman–Crippen MR) is 109 cm³/mol. The molecule has 6 heteroatoms. The van der Waals surface area contributed by atoms with Crippen LogP contribution in [0.3, 0.4) is 0 Å². The SMILES string of the molecule is Cc1cc(NC(=O)c2ccco2)sc1C(=O)Nc1ccc(C(C)(C)C)cc1. The van der Waals surface area contributed by atoms with E-state index >= 15 is 0 Å². The topological polar surface area (TPSA) is 71.3 Å². The Kier molecular flexibility index (Phi) is 5.19. The second-order valence-corrected chi connectivity index (χ2v) is 8.39. The quantitative estimate of drug-likeness (QED) is 0.630. The number of furan rings is 1. The summed E-state index contributed by atoms with van der Waals surface area (Å²) >= 11 is 1.23. The van der Waals surface area contributed by atoms with Gasteiger partial charge in [-0.25, -0.2) is 0 Å². The van der Waals surface area contributed by atoms with E-state index in [-0.39, 0.29) is 23.0 Å². The number of thiophene rings is 1. The second-order valence-electron chi connectivity index (χ2n) is 7.34. The van der Waals surface area contributed by atoms with E-state index in [1.165, 1.54) is 23.2 Å². The van der Waals surface area contributed by atoms with Crippen molar-refractivity contribution in [1.82, 2.24) is 0 Å². The van der Waals surface area contributed by atoms with Gasteiger partial charge in [0.2, 0.25) is 0 Å². The molecule has 0 saturated heterocycles. The van der Waals surface area contributed by atoms with Crippen LogP contribution in [0.1, 0.15) is 52.1 Å². The number of nitrogens with one attached hydrogen (secondary N) is 2. The number of amides is 2. The minimum atomic E-state index is -0.342. The number of carbonyl (C=O) groups excluding carboxylic acids is 2. The summed E-state index contributed by atoms with van der Waals surface area (Å²) in [6.45, 7) is 8.28. The lowest BCUT2D eigenvalue weighted by atomic mass is 9.87. The summed E-state index contributed by atoms with van der Waals surface area (Å²) in [5.74, 6) is -0.309. The molecule has 0 spiro atoms. The number of aryl methyl sites for hydroxylation is 1. The van der Waals surface area contributed by atoms with Gasteiger partial charge in [-0.15, -0.1) is 11.3 Å². The highest BCUT2D eigenvalue weighted by Crippen LogP contribution is 2.29. The standard InChI is InChI=1S/C21H22N2O3S/c1-13-12-17(23-19(24)16-6-5-11-26-16)27-18(13)20(25)22-15-9-7-14(8-10-15)21(2,3)4/h5-12H,1-4H3,(H,22,25)(H,23,24). The minimum absolute atomic E-state index is 0.0635. The first-order valence-electron chi connectivity index (χ1n) is 8.61. The Morgan fingerprint density at radius 1 is 1.00 bits per heavy atom. The summed E-state index contributed by atoms with van der Waals surface area (Å²) in [5.41, 5.74) is 2.81. The molecular weight excluding hydrogens is 360 g/mol. The normalized spacial score (nSPS) is 11.3. The number of carbonyl (C=O) groups is 2. The summed E-state index contributed by atoms with van der Waals surface area (Å²) < 4.78 is 5.08. The molecule has 0 aliphatic carbocycles. The van der Waals surface area contributed by atoms with Crippen LogP contribution < -0.4 is 10.6 Å². The molecule has 0 saturated carbocycles. The molecule has 0 radical (unpaired) electrons. The maximum absolute atomic E-state index is 12.6. The van der Waals surface area contributed by atoms with Crippen molar-refractivity contribution >= 4 is 33.8 Å². The third-order valence-electron chi connectivity index (χ3n) is 4.11. The van der Waals surface area contributed by atoms with Gasteiger partial charge in [0.05, 0.1) is 16.1 Å². The number of hydrogen-bond acceptors (Lipinski definition) is 4. The van der Waals surface area contributed by atoms with E-state index in [0.717, 1.165) is 11.3 Å². The van der Waals surface area contributed by atoms with E-state index in [1.54, 1.807) is 18.2 Å². The van der Waals surface area contributed by atoms with Crippen LogP contribution in [-0.2, 0) is 5.41 Å². The molecule has 27 heavy (non-hydrogen) atoms. The fourth-order valence-corrected chi connectivity index (χ4v) is 3.55. The number of hydrogen-bond donors (Lipinski definition) is 2. The van der Waals surface area contributed by atoms with Gasteiger partial charge in [0.1, 0.15) is 0 Å². The van der Waals surface area contributed by atoms with Crippen molar-refractivity contribution in [1.29, 1.82) is 0 Å². The highest BCUT2D eigenvalue weighted by atomic mass is 32.1. The number of rotatable bonds is 4. The van der Waals surface area contributed by atoms with E-state index in [2.05, 4.69) is 31.4 Å². The Bertz CT molecular complexity index is 948. The molecule has 3 aromatic rings. The summed E-state index contributed by atoms with van der Waals surface area (Å²) in [7, 11) is 0. The molecule has 0 aliphatic rings. The molecule has 5 nitrogen and oxygen atoms in total. The lowest BCUT2D eigenvalue weighted by Crippen LogP contribution is -2.13. The maximum Gasteiger partial charge on any atom is 0.291 e. The molecular formula is C21H22N2O3S. The molecule has 0 atom stereocenters. The average molecular weight is 382 g/mol. The van der Waals surface area contributed by atoms with Gasteiger partial charge >= 0.3 is 0 Å². The first-order valence-corrected chi connectivity index (χ1v) is 9.43. The summed E-state index contributed by atoms with van der Waals surface area (Å²) in [6, 6.07) is 12.9. The van der Waals surface area contributed by atoms with Crippen molar-refractivity contribution in [3.8, 4) is 0 Å². The summed E-state index contributed by atoms with van der Waals surface area (Å²) in [4.78, 5) is 25.2. The zero-order valence-corrected chi connectivity index (χ0v) is 16.6. The summed E-state index contributed by atoms with van der Waals surface area (Å²) in [6.07, 6.45) is 1.44. The number of anilines is 2. The summed E-state index contributed by atoms with van der Waals surface area (Å²) in [5, 5.41) is 6.27. The van der Waals surface area contributed by atoms with Gasteiger partial charge in [0.25, 0.3) is 11.8 Å². The van der Waals surface area contributed by atoms with Gasteiger partial charge in [-0.1, -0.05) is 32.9 Å². The Morgan fingerprint density at radius 3 is 2.30 bits per heavy atom. The zero-order chi connectivity index (χ0) is 19.6. The molecule has 0 bridgehead atoms. The lowest BCUT2D eigenvalue weighted by molar-refractivity contribution is 0.0995. The largest absolute Gasteiger partial charge is 0.459 e. The lowest BCUT2D eigenvalue weighted by Gasteiger charge is -2.19. The third kappa shape index (κ3) is 4.46. The highest BCUT2D eigenvalue weighted by molar-refractivity contribution is 7.18. The fraction of sp³-hybridized carbons (Fsp3) is 0.238. The van der Waals surface area contributed by atoms with Crippen molar-refractivity contribution in [2.45, 2.75) is 33.1 Å². The van der Waals surface area contributed by atoms with Crippen molar-refractivity contribution in [3.63, 3.8) is 0 Å². The van der Waals surface area contributed by atoms with Crippen LogP contribution >= 0.6 is 11.3 Å². The van der Waals surface area contributed by atoms with E-state index in [1.807, 2.05) is 31.2 Å². The predicted octanol–water partition coefficient (Wildman–Crippen LogP) is 5.45. The van der Waals surface area contributed by atoms with Crippen LogP contribution in [0.4, 0.5) is 10.7 Å². The molecule has 3 rings (SSSR count). The molecule has 2 heterocycles. The van der Waals surface area contributed by atoms with E-state index in [0.29, 0.717) is 9.88 Å². The molecule has 0 unspecified atom stereocenters. The molecule has 2 N–H and O–H groups in total. The van der Waals surface area contributed by atoms with Crippen LogP contribution in [0.5, 0.6) is 0 Å². The zero-order valence-electron chi connectivity index (χ0n) is 15.8. The van der Waals surface area contributed by atoms with Crippen LogP contribution in [-0.4, -0.2) is 11.8 Å². The van der Waals surface area contributed by atoms with Crippen LogP contribution in [0, 0.1) is 6.92 Å². The van der Waals surface area contributed by atoms with Crippen LogP contribution in [0.25, 0.3) is 0 Å². The van der Waals surface area contributed by atoms with E-state index in [9.17, 15) is 9.59 Å². The van der Waals surface area contributed by atoms with Crippen LogP contribution in [0.2, 0.25) is 0 Å². The number of benzene rings is 1. The van der Waals surface area contributed by atoms with Crippen LogP contribution in [0.15, 0.2) is 53.1 Å². The van der Waals surface area contributed by atoms with E-state index in [4.69, 9.17) is 4.42 Å². The monoisotopic (exact) mass is 382 g/mol. The van der Waals surface area contributed by atoms with Crippen molar-refractivity contribution in [2.75, 3.05) is 10.6 Å². The van der Waals surface area contributed by atoms with Crippen molar-refractivity contribution in [3.05, 3.63) is 70.5 Å². The first kappa shape index (κ1) is 18.9. The Hall–Kier alpha value is -2.86. The molecule has 140 valence electrons.